The molecule has 0 radical (unpaired) electrons. The van der Waals surface area contributed by atoms with E-state index in [9.17, 15) is 9.59 Å². The van der Waals surface area contributed by atoms with Gasteiger partial charge in [-0.15, -0.1) is 0 Å². The number of hydrogen-bond acceptors (Lipinski definition) is 4. The molecule has 0 aromatic carbocycles. The summed E-state index contributed by atoms with van der Waals surface area (Å²) in [6, 6.07) is 4.65. The summed E-state index contributed by atoms with van der Waals surface area (Å²) in [6.07, 6.45) is 3.11. The first kappa shape index (κ1) is 12.5. The fourth-order valence-electron chi connectivity index (χ4n) is 1.88. The summed E-state index contributed by atoms with van der Waals surface area (Å²) >= 11 is 0. The molecule has 18 heavy (non-hydrogen) atoms. The molecule has 1 fully saturated rings. The lowest BCUT2D eigenvalue weighted by Gasteiger charge is -2.21. The predicted molar refractivity (Wildman–Crippen MR) is 67.0 cm³/mol. The number of piperidine rings is 1. The van der Waals surface area contributed by atoms with Crippen molar-refractivity contribution in [1.29, 1.82) is 0 Å². The first-order chi connectivity index (χ1) is 8.75. The van der Waals surface area contributed by atoms with Crippen LogP contribution in [0.4, 0.5) is 10.6 Å². The molecule has 1 aromatic rings. The van der Waals surface area contributed by atoms with Crippen LogP contribution in [-0.2, 0) is 4.79 Å². The van der Waals surface area contributed by atoms with Gasteiger partial charge in [0.05, 0.1) is 0 Å². The Balaban J connectivity index is 1.82. The van der Waals surface area contributed by atoms with Crippen LogP contribution < -0.4 is 16.0 Å². The van der Waals surface area contributed by atoms with Gasteiger partial charge < -0.3 is 5.32 Å². The van der Waals surface area contributed by atoms with Crippen molar-refractivity contribution < 1.29 is 9.59 Å². The topological polar surface area (TPSA) is 83.1 Å². The number of imide groups is 1. The molecule has 2 rings (SSSR count). The number of amides is 3. The molecule has 0 spiro atoms. The number of pyridine rings is 1. The summed E-state index contributed by atoms with van der Waals surface area (Å²) in [4.78, 5) is 27.3. The highest BCUT2D eigenvalue weighted by Crippen LogP contribution is 2.11. The van der Waals surface area contributed by atoms with Crippen molar-refractivity contribution in [2.45, 2.75) is 12.8 Å². The Morgan fingerprint density at radius 2 is 2.06 bits per heavy atom. The van der Waals surface area contributed by atoms with Gasteiger partial charge in [-0.05, 0) is 38.1 Å². The second-order valence-electron chi connectivity index (χ2n) is 4.18. The highest BCUT2D eigenvalue weighted by Gasteiger charge is 2.22. The summed E-state index contributed by atoms with van der Waals surface area (Å²) in [6.45, 7) is 1.64. The molecule has 3 amide bonds. The number of anilines is 1. The fourth-order valence-corrected chi connectivity index (χ4v) is 1.88. The quantitative estimate of drug-likeness (QED) is 0.720. The lowest BCUT2D eigenvalue weighted by molar-refractivity contribution is -0.124. The van der Waals surface area contributed by atoms with Crippen molar-refractivity contribution >= 4 is 17.8 Å². The normalized spacial score (nSPS) is 16.0. The number of carbonyl (C=O) groups excluding carboxylic acids is 2. The van der Waals surface area contributed by atoms with Gasteiger partial charge in [-0.3, -0.25) is 15.4 Å². The molecule has 0 unspecified atom stereocenters. The number of nitrogens with one attached hydrogen (secondary N) is 3. The van der Waals surface area contributed by atoms with Crippen molar-refractivity contribution in [2.24, 2.45) is 5.92 Å². The summed E-state index contributed by atoms with van der Waals surface area (Å²) in [5, 5.41) is 8.03. The van der Waals surface area contributed by atoms with E-state index >= 15 is 0 Å². The lowest BCUT2D eigenvalue weighted by Crippen LogP contribution is -2.42. The second kappa shape index (κ2) is 6.11. The zero-order valence-corrected chi connectivity index (χ0v) is 9.98. The fraction of sp³-hybridized carbons (Fsp3) is 0.417. The molecule has 0 bridgehead atoms. The van der Waals surface area contributed by atoms with Crippen molar-refractivity contribution in [1.82, 2.24) is 15.6 Å². The van der Waals surface area contributed by atoms with Gasteiger partial charge in [-0.1, -0.05) is 6.07 Å². The van der Waals surface area contributed by atoms with Crippen LogP contribution in [0.1, 0.15) is 12.8 Å². The molecule has 1 aliphatic rings. The maximum absolute atomic E-state index is 11.8. The third-order valence-electron chi connectivity index (χ3n) is 2.85. The average Bonchev–Trinajstić information content (AvgIpc) is 2.40. The Kier molecular flexibility index (Phi) is 4.25. The van der Waals surface area contributed by atoms with Crippen LogP contribution in [0.25, 0.3) is 0 Å². The van der Waals surface area contributed by atoms with Crippen LogP contribution in [0.15, 0.2) is 24.4 Å². The molecule has 3 N–H and O–H groups in total. The largest absolute Gasteiger partial charge is 0.327 e. The first-order valence-corrected chi connectivity index (χ1v) is 5.99. The Morgan fingerprint density at radius 3 is 2.72 bits per heavy atom. The Labute approximate surface area is 105 Å². The van der Waals surface area contributed by atoms with Crippen LogP contribution in [-0.4, -0.2) is 30.0 Å². The number of aromatic nitrogens is 1. The van der Waals surface area contributed by atoms with E-state index in [0.29, 0.717) is 5.82 Å². The molecule has 1 aromatic heterocycles. The Bertz CT molecular complexity index is 415. The predicted octanol–water partition coefficient (Wildman–Crippen LogP) is 0.729. The van der Waals surface area contributed by atoms with E-state index in [1.807, 2.05) is 0 Å². The molecule has 1 aliphatic heterocycles. The van der Waals surface area contributed by atoms with E-state index in [0.717, 1.165) is 25.9 Å². The van der Waals surface area contributed by atoms with E-state index in [2.05, 4.69) is 20.9 Å². The highest BCUT2D eigenvalue weighted by molar-refractivity contribution is 6.01. The minimum absolute atomic E-state index is 0.0827. The van der Waals surface area contributed by atoms with Gasteiger partial charge in [0.2, 0.25) is 5.91 Å². The van der Waals surface area contributed by atoms with Gasteiger partial charge >= 0.3 is 6.03 Å². The minimum Gasteiger partial charge on any atom is -0.317 e. The Morgan fingerprint density at radius 1 is 1.28 bits per heavy atom. The second-order valence-corrected chi connectivity index (χ2v) is 4.18. The molecule has 1 saturated heterocycles. The maximum Gasteiger partial charge on any atom is 0.327 e. The minimum atomic E-state index is -0.530. The number of carbonyl (C=O) groups is 2. The molecule has 0 saturated carbocycles. The van der Waals surface area contributed by atoms with Crippen molar-refractivity contribution in [2.75, 3.05) is 18.4 Å². The van der Waals surface area contributed by atoms with E-state index in [1.54, 1.807) is 24.4 Å². The molecule has 2 heterocycles. The summed E-state index contributed by atoms with van der Waals surface area (Å²) < 4.78 is 0. The molecular weight excluding hydrogens is 232 g/mol. The lowest BCUT2D eigenvalue weighted by atomic mass is 9.97. The highest BCUT2D eigenvalue weighted by atomic mass is 16.2. The molecule has 96 valence electrons. The van der Waals surface area contributed by atoms with Gasteiger partial charge in [0, 0.05) is 12.1 Å². The number of nitrogens with zero attached hydrogens (tertiary/aromatic N) is 1. The van der Waals surface area contributed by atoms with E-state index in [4.69, 9.17) is 0 Å². The summed E-state index contributed by atoms with van der Waals surface area (Å²) in [7, 11) is 0. The van der Waals surface area contributed by atoms with Crippen molar-refractivity contribution in [3.63, 3.8) is 0 Å². The molecule has 6 heteroatoms. The van der Waals surface area contributed by atoms with Gasteiger partial charge in [0.1, 0.15) is 5.82 Å². The van der Waals surface area contributed by atoms with Gasteiger partial charge in [0.15, 0.2) is 0 Å². The average molecular weight is 248 g/mol. The Hall–Kier alpha value is -1.95. The van der Waals surface area contributed by atoms with Gasteiger partial charge in [0.25, 0.3) is 0 Å². The van der Waals surface area contributed by atoms with Crippen LogP contribution in [0.5, 0.6) is 0 Å². The SMILES string of the molecule is O=C(NC(=O)C1CCNCC1)Nc1ccccn1. The monoisotopic (exact) mass is 248 g/mol. The van der Waals surface area contributed by atoms with Crippen LogP contribution in [0.2, 0.25) is 0 Å². The van der Waals surface area contributed by atoms with E-state index < -0.39 is 6.03 Å². The smallest absolute Gasteiger partial charge is 0.317 e. The number of hydrogen-bond donors (Lipinski definition) is 3. The zero-order chi connectivity index (χ0) is 12.8. The van der Waals surface area contributed by atoms with Gasteiger partial charge in [-0.25, -0.2) is 9.78 Å². The molecule has 0 aliphatic carbocycles. The first-order valence-electron chi connectivity index (χ1n) is 5.99. The standard InChI is InChI=1S/C12H16N4O2/c17-11(9-4-7-13-8-5-9)16-12(18)15-10-3-1-2-6-14-10/h1-3,6,9,13H,4-5,7-8H2,(H2,14,15,16,17,18). The van der Waals surface area contributed by atoms with E-state index in [1.165, 1.54) is 0 Å². The summed E-state index contributed by atoms with van der Waals surface area (Å²) in [5.74, 6) is 0.124. The van der Waals surface area contributed by atoms with Crippen LogP contribution in [0, 0.1) is 5.92 Å². The molecule has 6 nitrogen and oxygen atoms in total. The number of rotatable bonds is 2. The summed E-state index contributed by atoms with van der Waals surface area (Å²) in [5.41, 5.74) is 0. The van der Waals surface area contributed by atoms with Crippen molar-refractivity contribution in [3.05, 3.63) is 24.4 Å². The third-order valence-corrected chi connectivity index (χ3v) is 2.85. The van der Waals surface area contributed by atoms with Crippen molar-refractivity contribution in [3.8, 4) is 0 Å². The van der Waals surface area contributed by atoms with Crippen LogP contribution in [0.3, 0.4) is 0 Å². The maximum atomic E-state index is 11.8. The van der Waals surface area contributed by atoms with Crippen LogP contribution >= 0.6 is 0 Å². The third kappa shape index (κ3) is 3.53. The molecular formula is C12H16N4O2. The zero-order valence-electron chi connectivity index (χ0n) is 9.98. The van der Waals surface area contributed by atoms with Gasteiger partial charge in [-0.2, -0.15) is 0 Å². The number of urea groups is 1. The molecule has 0 atom stereocenters. The van der Waals surface area contributed by atoms with E-state index in [-0.39, 0.29) is 11.8 Å².